The summed E-state index contributed by atoms with van der Waals surface area (Å²) in [5.41, 5.74) is 2.00. The van der Waals surface area contributed by atoms with Crippen LogP contribution in [0.25, 0.3) is 11.0 Å². The van der Waals surface area contributed by atoms with Gasteiger partial charge in [0.2, 0.25) is 5.43 Å². The number of benzene rings is 1. The van der Waals surface area contributed by atoms with Gasteiger partial charge in [0.25, 0.3) is 5.91 Å². The molecule has 0 fully saturated rings. The second-order valence-electron chi connectivity index (χ2n) is 6.07. The molecule has 1 aromatic carbocycles. The molecule has 3 aromatic rings. The van der Waals surface area contributed by atoms with E-state index >= 15 is 0 Å². The van der Waals surface area contributed by atoms with E-state index in [9.17, 15) is 14.4 Å². The van der Waals surface area contributed by atoms with Gasteiger partial charge in [-0.15, -0.1) is 0 Å². The summed E-state index contributed by atoms with van der Waals surface area (Å²) in [6.07, 6.45) is 1.53. The highest BCUT2D eigenvalue weighted by molar-refractivity contribution is 6.06. The zero-order chi connectivity index (χ0) is 18.8. The maximum atomic E-state index is 12.7. The number of hydrogen-bond donors (Lipinski definition) is 1. The Hall–Kier alpha value is -3.28. The van der Waals surface area contributed by atoms with Crippen LogP contribution < -0.4 is 10.7 Å². The van der Waals surface area contributed by atoms with Crippen LogP contribution in [0.3, 0.4) is 0 Å². The quantitative estimate of drug-likeness (QED) is 0.734. The van der Waals surface area contributed by atoms with E-state index in [0.29, 0.717) is 28.8 Å². The summed E-state index contributed by atoms with van der Waals surface area (Å²) in [5.74, 6) is -0.609. The number of hydrogen-bond acceptors (Lipinski definition) is 4. The van der Waals surface area contributed by atoms with Crippen LogP contribution >= 0.6 is 0 Å². The van der Waals surface area contributed by atoms with Crippen molar-refractivity contribution < 1.29 is 9.59 Å². The molecule has 0 saturated heterocycles. The lowest BCUT2D eigenvalue weighted by molar-refractivity contribution is 0.101. The fourth-order valence-corrected chi connectivity index (χ4v) is 2.78. The van der Waals surface area contributed by atoms with E-state index in [4.69, 9.17) is 0 Å². The minimum Gasteiger partial charge on any atom is -0.332 e. The Morgan fingerprint density at radius 1 is 1.19 bits per heavy atom. The second kappa shape index (κ2) is 6.92. The van der Waals surface area contributed by atoms with Gasteiger partial charge >= 0.3 is 0 Å². The largest absolute Gasteiger partial charge is 0.332 e. The summed E-state index contributed by atoms with van der Waals surface area (Å²) in [4.78, 5) is 41.3. The summed E-state index contributed by atoms with van der Waals surface area (Å²) >= 11 is 0. The molecule has 0 aliphatic carbocycles. The molecule has 0 saturated carbocycles. The van der Waals surface area contributed by atoms with Crippen molar-refractivity contribution >= 4 is 28.4 Å². The number of carbonyl (C=O) groups excluding carboxylic acids is 2. The van der Waals surface area contributed by atoms with Crippen LogP contribution in [0.2, 0.25) is 0 Å². The Balaban J connectivity index is 2.05. The van der Waals surface area contributed by atoms with Crippen LogP contribution in [-0.2, 0) is 6.54 Å². The number of Topliss-reactive ketones (excluding diaryl/α,β-unsaturated/α-hetero) is 1. The van der Waals surface area contributed by atoms with Crippen molar-refractivity contribution in [2.24, 2.45) is 0 Å². The van der Waals surface area contributed by atoms with Crippen molar-refractivity contribution in [3.63, 3.8) is 0 Å². The lowest BCUT2D eigenvalue weighted by atomic mass is 10.1. The topological polar surface area (TPSA) is 81.1 Å². The van der Waals surface area contributed by atoms with Gasteiger partial charge in [0.15, 0.2) is 5.78 Å². The third kappa shape index (κ3) is 3.26. The first-order valence-corrected chi connectivity index (χ1v) is 8.34. The van der Waals surface area contributed by atoms with Crippen LogP contribution in [0.5, 0.6) is 0 Å². The van der Waals surface area contributed by atoms with E-state index in [-0.39, 0.29) is 16.8 Å². The molecule has 6 heteroatoms. The van der Waals surface area contributed by atoms with Crippen LogP contribution in [-0.4, -0.2) is 21.2 Å². The van der Waals surface area contributed by atoms with E-state index in [1.165, 1.54) is 13.1 Å². The number of rotatable bonds is 4. The molecule has 1 amide bonds. The summed E-state index contributed by atoms with van der Waals surface area (Å²) in [6.45, 7) is 5.81. The van der Waals surface area contributed by atoms with Crippen molar-refractivity contribution in [3.05, 3.63) is 69.6 Å². The zero-order valence-corrected chi connectivity index (χ0v) is 14.9. The molecule has 2 heterocycles. The summed E-state index contributed by atoms with van der Waals surface area (Å²) in [6, 6.07) is 10.1. The predicted octanol–water partition coefficient (Wildman–Crippen LogP) is 3.18. The molecule has 3 rings (SSSR count). The second-order valence-corrected chi connectivity index (χ2v) is 6.07. The van der Waals surface area contributed by atoms with Crippen molar-refractivity contribution in [2.45, 2.75) is 27.3 Å². The van der Waals surface area contributed by atoms with Gasteiger partial charge in [0.05, 0.1) is 5.39 Å². The molecule has 0 aliphatic heterocycles. The lowest BCUT2D eigenvalue weighted by Crippen LogP contribution is -2.24. The van der Waals surface area contributed by atoms with Crippen LogP contribution in [0.1, 0.15) is 40.3 Å². The van der Waals surface area contributed by atoms with Crippen LogP contribution in [0.15, 0.2) is 47.4 Å². The van der Waals surface area contributed by atoms with Gasteiger partial charge in [-0.25, -0.2) is 4.98 Å². The Morgan fingerprint density at radius 3 is 2.65 bits per heavy atom. The van der Waals surface area contributed by atoms with E-state index in [1.54, 1.807) is 41.0 Å². The van der Waals surface area contributed by atoms with Crippen molar-refractivity contribution in [1.82, 2.24) is 9.55 Å². The predicted molar refractivity (Wildman–Crippen MR) is 101 cm³/mol. The van der Waals surface area contributed by atoms with Gasteiger partial charge in [-0.2, -0.15) is 0 Å². The molecular formula is C20H19N3O3. The number of nitrogens with one attached hydrogen (secondary N) is 1. The fourth-order valence-electron chi connectivity index (χ4n) is 2.78. The van der Waals surface area contributed by atoms with Gasteiger partial charge in [-0.3, -0.25) is 14.4 Å². The highest BCUT2D eigenvalue weighted by Crippen LogP contribution is 2.14. The first-order valence-electron chi connectivity index (χ1n) is 8.34. The number of carbonyl (C=O) groups is 2. The Morgan fingerprint density at radius 2 is 1.96 bits per heavy atom. The highest BCUT2D eigenvalue weighted by Gasteiger charge is 2.16. The third-order valence-electron chi connectivity index (χ3n) is 4.17. The molecule has 0 unspecified atom stereocenters. The van der Waals surface area contributed by atoms with E-state index in [2.05, 4.69) is 10.3 Å². The first kappa shape index (κ1) is 17.5. The number of aryl methyl sites for hydroxylation is 2. The molecule has 132 valence electrons. The number of aromatic nitrogens is 2. The Bertz CT molecular complexity index is 1080. The molecule has 0 spiro atoms. The average Bonchev–Trinajstić information content (AvgIpc) is 2.62. The smallest absolute Gasteiger partial charge is 0.261 e. The van der Waals surface area contributed by atoms with Gasteiger partial charge in [0, 0.05) is 29.7 Å². The minimum absolute atomic E-state index is 0.0400. The molecule has 1 N–H and O–H groups in total. The molecule has 0 aliphatic rings. The van der Waals surface area contributed by atoms with Crippen molar-refractivity contribution in [1.29, 1.82) is 0 Å². The number of pyridine rings is 2. The third-order valence-corrected chi connectivity index (χ3v) is 4.17. The molecule has 0 atom stereocenters. The fraction of sp³-hybridized carbons (Fsp3) is 0.200. The van der Waals surface area contributed by atoms with Gasteiger partial charge < -0.3 is 9.88 Å². The molecule has 26 heavy (non-hydrogen) atoms. The van der Waals surface area contributed by atoms with E-state index in [1.807, 2.05) is 13.8 Å². The Labute approximate surface area is 150 Å². The maximum Gasteiger partial charge on any atom is 0.261 e. The lowest BCUT2D eigenvalue weighted by Gasteiger charge is -2.12. The van der Waals surface area contributed by atoms with Crippen LogP contribution in [0.4, 0.5) is 5.69 Å². The molecule has 0 bridgehead atoms. The highest BCUT2D eigenvalue weighted by atomic mass is 16.2. The maximum absolute atomic E-state index is 12.7. The number of nitrogens with zero attached hydrogens (tertiary/aromatic N) is 2. The van der Waals surface area contributed by atoms with Crippen molar-refractivity contribution in [2.75, 3.05) is 5.32 Å². The Kier molecular flexibility index (Phi) is 4.67. The number of amides is 1. The number of fused-ring (bicyclic) bond motifs is 1. The van der Waals surface area contributed by atoms with Gasteiger partial charge in [0.1, 0.15) is 11.2 Å². The molecule has 6 nitrogen and oxygen atoms in total. The number of anilines is 1. The van der Waals surface area contributed by atoms with E-state index in [0.717, 1.165) is 5.69 Å². The normalized spacial score (nSPS) is 10.7. The average molecular weight is 349 g/mol. The molecule has 0 radical (unpaired) electrons. The monoisotopic (exact) mass is 349 g/mol. The molecular weight excluding hydrogens is 330 g/mol. The van der Waals surface area contributed by atoms with E-state index < -0.39 is 5.91 Å². The first-order chi connectivity index (χ1) is 12.4. The summed E-state index contributed by atoms with van der Waals surface area (Å²) in [7, 11) is 0. The SMILES string of the molecule is CCn1cc(C(=O)Nc2cccc(C(C)=O)c2)c(=O)c2ccc(C)nc21. The van der Waals surface area contributed by atoms with Crippen molar-refractivity contribution in [3.8, 4) is 0 Å². The summed E-state index contributed by atoms with van der Waals surface area (Å²) in [5, 5.41) is 3.10. The molecule has 2 aromatic heterocycles. The standard InChI is InChI=1S/C20H19N3O3/c1-4-23-11-17(18(25)16-9-8-12(2)21-19(16)23)20(26)22-15-7-5-6-14(10-15)13(3)24/h5-11H,4H2,1-3H3,(H,22,26). The zero-order valence-electron chi connectivity index (χ0n) is 14.9. The minimum atomic E-state index is -0.514. The van der Waals surface area contributed by atoms with Crippen LogP contribution in [0, 0.1) is 6.92 Å². The van der Waals surface area contributed by atoms with Gasteiger partial charge in [-0.1, -0.05) is 12.1 Å². The van der Waals surface area contributed by atoms with Gasteiger partial charge in [-0.05, 0) is 45.0 Å². The summed E-state index contributed by atoms with van der Waals surface area (Å²) < 4.78 is 1.78. The number of ketones is 1.